The second kappa shape index (κ2) is 4.12. The normalized spacial score (nSPS) is 30.1. The van der Waals surface area contributed by atoms with Crippen molar-refractivity contribution >= 4 is 0 Å². The largest absolute Gasteiger partial charge is 0.492 e. The first kappa shape index (κ1) is 11.8. The molecule has 18 heavy (non-hydrogen) atoms. The molecule has 3 rings (SSSR count). The SMILES string of the molecule is FC(F)(F)c1ccc(OCC2C3CNCC32)cn1. The van der Waals surface area contributed by atoms with Gasteiger partial charge in [-0.3, -0.25) is 0 Å². The standard InChI is InChI=1S/C12H13F3N2O/c13-12(14,15)11-2-1-7(3-17-11)18-6-10-8-4-16-5-9(8)10/h1-3,8-10,16H,4-6H2. The van der Waals surface area contributed by atoms with Gasteiger partial charge in [-0.2, -0.15) is 13.2 Å². The van der Waals surface area contributed by atoms with E-state index < -0.39 is 11.9 Å². The zero-order valence-electron chi connectivity index (χ0n) is 9.57. The van der Waals surface area contributed by atoms with E-state index in [1.54, 1.807) is 0 Å². The molecule has 1 aliphatic heterocycles. The molecule has 0 radical (unpaired) electrons. The molecule has 0 aromatic carbocycles. The van der Waals surface area contributed by atoms with Crippen LogP contribution >= 0.6 is 0 Å². The van der Waals surface area contributed by atoms with Crippen LogP contribution in [0.25, 0.3) is 0 Å². The molecule has 2 unspecified atom stereocenters. The van der Waals surface area contributed by atoms with Crippen molar-refractivity contribution in [1.29, 1.82) is 0 Å². The average molecular weight is 258 g/mol. The topological polar surface area (TPSA) is 34.1 Å². The lowest BCUT2D eigenvalue weighted by Gasteiger charge is -2.09. The maximum Gasteiger partial charge on any atom is 0.433 e. The summed E-state index contributed by atoms with van der Waals surface area (Å²) < 4.78 is 42.3. The number of pyridine rings is 1. The molecule has 1 aromatic heterocycles. The molecule has 2 fully saturated rings. The molecule has 0 bridgehead atoms. The highest BCUT2D eigenvalue weighted by molar-refractivity contribution is 5.21. The van der Waals surface area contributed by atoms with Crippen LogP contribution in [0.3, 0.4) is 0 Å². The summed E-state index contributed by atoms with van der Waals surface area (Å²) in [6, 6.07) is 2.27. The van der Waals surface area contributed by atoms with E-state index in [0.717, 1.165) is 25.4 Å². The van der Waals surface area contributed by atoms with Crippen LogP contribution in [0.2, 0.25) is 0 Å². The second-order valence-corrected chi connectivity index (χ2v) is 4.84. The Morgan fingerprint density at radius 1 is 1.28 bits per heavy atom. The van der Waals surface area contributed by atoms with Gasteiger partial charge in [-0.1, -0.05) is 0 Å². The van der Waals surface area contributed by atoms with Crippen LogP contribution in [0.4, 0.5) is 13.2 Å². The van der Waals surface area contributed by atoms with E-state index >= 15 is 0 Å². The van der Waals surface area contributed by atoms with Crippen molar-refractivity contribution in [2.75, 3.05) is 19.7 Å². The Balaban J connectivity index is 1.54. The van der Waals surface area contributed by atoms with Gasteiger partial charge in [0, 0.05) is 5.92 Å². The number of rotatable bonds is 3. The number of hydrogen-bond donors (Lipinski definition) is 1. The third-order valence-corrected chi connectivity index (χ3v) is 3.74. The van der Waals surface area contributed by atoms with Crippen LogP contribution in [0.5, 0.6) is 5.75 Å². The predicted octanol–water partition coefficient (Wildman–Crippen LogP) is 1.94. The van der Waals surface area contributed by atoms with Crippen molar-refractivity contribution in [1.82, 2.24) is 10.3 Å². The van der Waals surface area contributed by atoms with Crippen molar-refractivity contribution in [3.8, 4) is 5.75 Å². The van der Waals surface area contributed by atoms with Gasteiger partial charge in [0.15, 0.2) is 0 Å². The molecule has 2 aliphatic rings. The molecule has 1 N–H and O–H groups in total. The number of nitrogens with zero attached hydrogens (tertiary/aromatic N) is 1. The number of ether oxygens (including phenoxy) is 1. The molecule has 2 atom stereocenters. The van der Waals surface area contributed by atoms with E-state index in [2.05, 4.69) is 10.3 Å². The molecule has 1 aromatic rings. The minimum Gasteiger partial charge on any atom is -0.492 e. The van der Waals surface area contributed by atoms with Gasteiger partial charge in [0.2, 0.25) is 0 Å². The smallest absolute Gasteiger partial charge is 0.433 e. The molecular weight excluding hydrogens is 245 g/mol. The molecule has 98 valence electrons. The molecule has 6 heteroatoms. The van der Waals surface area contributed by atoms with Gasteiger partial charge < -0.3 is 10.1 Å². The average Bonchev–Trinajstić information content (AvgIpc) is 2.77. The Hall–Kier alpha value is -1.30. The zero-order chi connectivity index (χ0) is 12.8. The van der Waals surface area contributed by atoms with Gasteiger partial charge >= 0.3 is 6.18 Å². The first-order valence-corrected chi connectivity index (χ1v) is 5.92. The monoisotopic (exact) mass is 258 g/mol. The zero-order valence-corrected chi connectivity index (χ0v) is 9.57. The summed E-state index contributed by atoms with van der Waals surface area (Å²) in [5, 5.41) is 3.28. The number of nitrogens with one attached hydrogen (secondary N) is 1. The number of fused-ring (bicyclic) bond motifs is 1. The predicted molar refractivity (Wildman–Crippen MR) is 58.1 cm³/mol. The first-order valence-electron chi connectivity index (χ1n) is 5.92. The lowest BCUT2D eigenvalue weighted by Crippen LogP contribution is -2.17. The highest BCUT2D eigenvalue weighted by Gasteiger charge is 2.52. The second-order valence-electron chi connectivity index (χ2n) is 4.84. The minimum absolute atomic E-state index is 0.404. The summed E-state index contributed by atoms with van der Waals surface area (Å²) in [5.41, 5.74) is -0.887. The Morgan fingerprint density at radius 2 is 2.00 bits per heavy atom. The minimum atomic E-state index is -4.39. The van der Waals surface area contributed by atoms with Gasteiger partial charge in [-0.25, -0.2) is 4.98 Å². The van der Waals surface area contributed by atoms with Gasteiger partial charge in [-0.05, 0) is 37.1 Å². The fraction of sp³-hybridized carbons (Fsp3) is 0.583. The lowest BCUT2D eigenvalue weighted by molar-refractivity contribution is -0.141. The molecular formula is C12H13F3N2O. The fourth-order valence-electron chi connectivity index (χ4n) is 2.62. The number of aromatic nitrogens is 1. The maximum absolute atomic E-state index is 12.3. The molecule has 0 spiro atoms. The van der Waals surface area contributed by atoms with Gasteiger partial charge in [-0.15, -0.1) is 0 Å². The Kier molecular flexibility index (Phi) is 2.69. The quantitative estimate of drug-likeness (QED) is 0.899. The van der Waals surface area contributed by atoms with Crippen LogP contribution in [-0.4, -0.2) is 24.7 Å². The summed E-state index contributed by atoms with van der Waals surface area (Å²) in [5.74, 6) is 2.33. The highest BCUT2D eigenvalue weighted by atomic mass is 19.4. The van der Waals surface area contributed by atoms with E-state index in [0.29, 0.717) is 30.1 Å². The van der Waals surface area contributed by atoms with Crippen LogP contribution in [0.15, 0.2) is 18.3 Å². The van der Waals surface area contributed by atoms with Crippen molar-refractivity contribution < 1.29 is 17.9 Å². The molecule has 3 nitrogen and oxygen atoms in total. The highest BCUT2D eigenvalue weighted by Crippen LogP contribution is 2.48. The van der Waals surface area contributed by atoms with Crippen molar-refractivity contribution in [3.63, 3.8) is 0 Å². The van der Waals surface area contributed by atoms with Gasteiger partial charge in [0.25, 0.3) is 0 Å². The summed E-state index contributed by atoms with van der Waals surface area (Å²) in [6.45, 7) is 2.64. The van der Waals surface area contributed by atoms with E-state index in [9.17, 15) is 13.2 Å². The Labute approximate surface area is 102 Å². The van der Waals surface area contributed by atoms with Crippen molar-refractivity contribution in [3.05, 3.63) is 24.0 Å². The summed E-state index contributed by atoms with van der Waals surface area (Å²) in [6.07, 6.45) is -3.25. The van der Waals surface area contributed by atoms with Gasteiger partial charge in [0.1, 0.15) is 11.4 Å². The lowest BCUT2D eigenvalue weighted by atomic mass is 10.3. The summed E-state index contributed by atoms with van der Waals surface area (Å²) in [4.78, 5) is 3.36. The van der Waals surface area contributed by atoms with Crippen LogP contribution in [0, 0.1) is 17.8 Å². The number of hydrogen-bond acceptors (Lipinski definition) is 3. The maximum atomic E-state index is 12.3. The van der Waals surface area contributed by atoms with Crippen molar-refractivity contribution in [2.24, 2.45) is 17.8 Å². The Morgan fingerprint density at radius 3 is 2.56 bits per heavy atom. The van der Waals surface area contributed by atoms with E-state index in [1.807, 2.05) is 0 Å². The van der Waals surface area contributed by atoms with Crippen LogP contribution < -0.4 is 10.1 Å². The first-order chi connectivity index (χ1) is 8.55. The van der Waals surface area contributed by atoms with Gasteiger partial charge in [0.05, 0.1) is 12.8 Å². The number of piperidine rings is 1. The van der Waals surface area contributed by atoms with Crippen molar-refractivity contribution in [2.45, 2.75) is 6.18 Å². The molecule has 1 saturated carbocycles. The third kappa shape index (κ3) is 2.16. The molecule has 2 heterocycles. The van der Waals surface area contributed by atoms with Crippen LogP contribution in [0.1, 0.15) is 5.69 Å². The van der Waals surface area contributed by atoms with E-state index in [-0.39, 0.29) is 0 Å². The van der Waals surface area contributed by atoms with E-state index in [1.165, 1.54) is 6.07 Å². The third-order valence-electron chi connectivity index (χ3n) is 3.74. The summed E-state index contributed by atoms with van der Waals surface area (Å²) in [7, 11) is 0. The number of alkyl halides is 3. The molecule has 1 saturated heterocycles. The fourth-order valence-corrected chi connectivity index (χ4v) is 2.62. The number of halogens is 3. The summed E-state index contributed by atoms with van der Waals surface area (Å²) >= 11 is 0. The Bertz CT molecular complexity index is 422. The molecule has 1 aliphatic carbocycles. The van der Waals surface area contributed by atoms with E-state index in [4.69, 9.17) is 4.74 Å². The molecule has 0 amide bonds. The van der Waals surface area contributed by atoms with Crippen LogP contribution in [-0.2, 0) is 6.18 Å².